The molecular formula is C19H23N3O5. The fourth-order valence-electron chi connectivity index (χ4n) is 4.14. The van der Waals surface area contributed by atoms with E-state index in [0.29, 0.717) is 43.2 Å². The number of imide groups is 1. The quantitative estimate of drug-likeness (QED) is 0.819. The van der Waals surface area contributed by atoms with E-state index in [1.807, 2.05) is 0 Å². The number of likely N-dealkylation sites (N-methyl/N-ethyl adjacent to an activating group) is 1. The highest BCUT2D eigenvalue weighted by Gasteiger charge is 2.55. The van der Waals surface area contributed by atoms with Gasteiger partial charge in [0.1, 0.15) is 25.3 Å². The van der Waals surface area contributed by atoms with Crippen LogP contribution in [0.15, 0.2) is 18.2 Å². The second-order valence-corrected chi connectivity index (χ2v) is 7.23. The Kier molecular flexibility index (Phi) is 4.41. The third kappa shape index (κ3) is 2.98. The molecule has 8 heteroatoms. The van der Waals surface area contributed by atoms with Crippen molar-refractivity contribution in [3.05, 3.63) is 18.2 Å². The first kappa shape index (κ1) is 17.6. The van der Waals surface area contributed by atoms with Crippen molar-refractivity contribution < 1.29 is 23.9 Å². The molecule has 0 radical (unpaired) electrons. The molecule has 2 aliphatic heterocycles. The molecule has 1 saturated heterocycles. The Morgan fingerprint density at radius 3 is 2.56 bits per heavy atom. The summed E-state index contributed by atoms with van der Waals surface area (Å²) in [5.74, 6) is 0.514. The molecule has 4 rings (SSSR count). The summed E-state index contributed by atoms with van der Waals surface area (Å²) >= 11 is 0. The van der Waals surface area contributed by atoms with E-state index < -0.39 is 17.5 Å². The number of nitrogens with zero attached hydrogens (tertiary/aromatic N) is 2. The summed E-state index contributed by atoms with van der Waals surface area (Å²) in [6, 6.07) is 4.70. The van der Waals surface area contributed by atoms with E-state index in [9.17, 15) is 14.4 Å². The average Bonchev–Trinajstić information content (AvgIpc) is 2.85. The number of rotatable bonds is 3. The minimum atomic E-state index is -0.771. The monoisotopic (exact) mass is 373 g/mol. The number of fused-ring (bicyclic) bond motifs is 1. The zero-order chi connectivity index (χ0) is 19.0. The Balaban J connectivity index is 1.45. The van der Waals surface area contributed by atoms with Crippen LogP contribution in [0.25, 0.3) is 0 Å². The Morgan fingerprint density at radius 2 is 1.81 bits per heavy atom. The lowest BCUT2D eigenvalue weighted by Crippen LogP contribution is -2.49. The second-order valence-electron chi connectivity index (χ2n) is 7.23. The van der Waals surface area contributed by atoms with E-state index in [0.717, 1.165) is 24.2 Å². The molecule has 0 atom stereocenters. The number of hydrogen-bond donors (Lipinski definition) is 1. The van der Waals surface area contributed by atoms with Gasteiger partial charge in [0.2, 0.25) is 5.91 Å². The lowest BCUT2D eigenvalue weighted by atomic mass is 9.81. The van der Waals surface area contributed by atoms with Crippen LogP contribution in [-0.2, 0) is 9.59 Å². The Bertz CT molecular complexity index is 788. The topological polar surface area (TPSA) is 88.2 Å². The van der Waals surface area contributed by atoms with Crippen LogP contribution in [-0.4, -0.2) is 60.0 Å². The maximum absolute atomic E-state index is 12.9. The first-order valence-corrected chi connectivity index (χ1v) is 9.30. The van der Waals surface area contributed by atoms with Crippen molar-refractivity contribution in [1.82, 2.24) is 9.80 Å². The highest BCUT2D eigenvalue weighted by atomic mass is 16.6. The number of nitrogens with one attached hydrogen (secondary N) is 1. The molecule has 1 saturated carbocycles. The number of anilines is 1. The van der Waals surface area contributed by atoms with E-state index in [4.69, 9.17) is 9.47 Å². The van der Waals surface area contributed by atoms with Crippen LogP contribution in [0.5, 0.6) is 11.5 Å². The van der Waals surface area contributed by atoms with Crippen LogP contribution < -0.4 is 14.8 Å². The van der Waals surface area contributed by atoms with Crippen molar-refractivity contribution in [2.75, 3.05) is 32.1 Å². The molecule has 3 aliphatic rings. The van der Waals surface area contributed by atoms with Gasteiger partial charge in [-0.05, 0) is 25.0 Å². The van der Waals surface area contributed by atoms with Crippen molar-refractivity contribution in [3.63, 3.8) is 0 Å². The van der Waals surface area contributed by atoms with Gasteiger partial charge in [-0.25, -0.2) is 4.79 Å². The van der Waals surface area contributed by atoms with E-state index in [1.54, 1.807) is 25.2 Å². The van der Waals surface area contributed by atoms with Gasteiger partial charge in [-0.15, -0.1) is 0 Å². The Hall–Kier alpha value is -2.77. The Labute approximate surface area is 157 Å². The molecule has 144 valence electrons. The van der Waals surface area contributed by atoms with Gasteiger partial charge in [0.25, 0.3) is 5.91 Å². The third-order valence-electron chi connectivity index (χ3n) is 5.61. The molecule has 0 unspecified atom stereocenters. The van der Waals surface area contributed by atoms with Gasteiger partial charge in [-0.2, -0.15) is 0 Å². The molecule has 1 aromatic rings. The summed E-state index contributed by atoms with van der Waals surface area (Å²) in [5, 5.41) is 2.73. The molecule has 1 N–H and O–H groups in total. The van der Waals surface area contributed by atoms with Gasteiger partial charge in [0.15, 0.2) is 11.5 Å². The SMILES string of the molecule is CN1C(=O)N(CC(=O)Nc2ccc3c(c2)OCCO3)C(=O)C12CCCCC2. The van der Waals surface area contributed by atoms with Crippen LogP contribution in [0.4, 0.5) is 10.5 Å². The molecule has 1 aromatic carbocycles. The number of hydrogen-bond acceptors (Lipinski definition) is 5. The van der Waals surface area contributed by atoms with Gasteiger partial charge in [-0.1, -0.05) is 19.3 Å². The van der Waals surface area contributed by atoms with Crippen LogP contribution >= 0.6 is 0 Å². The van der Waals surface area contributed by atoms with Crippen molar-refractivity contribution in [2.24, 2.45) is 0 Å². The van der Waals surface area contributed by atoms with Gasteiger partial charge in [0, 0.05) is 18.8 Å². The fraction of sp³-hybridized carbons (Fsp3) is 0.526. The molecule has 0 bridgehead atoms. The first-order valence-electron chi connectivity index (χ1n) is 9.30. The molecular weight excluding hydrogens is 350 g/mol. The lowest BCUT2D eigenvalue weighted by molar-refractivity contribution is -0.136. The first-order chi connectivity index (χ1) is 13.0. The van der Waals surface area contributed by atoms with Crippen LogP contribution in [0.1, 0.15) is 32.1 Å². The fourth-order valence-corrected chi connectivity index (χ4v) is 4.14. The minimum absolute atomic E-state index is 0.257. The van der Waals surface area contributed by atoms with Gasteiger partial charge in [-0.3, -0.25) is 14.5 Å². The number of carbonyl (C=O) groups is 3. The summed E-state index contributed by atoms with van der Waals surface area (Å²) < 4.78 is 11.0. The van der Waals surface area contributed by atoms with Crippen molar-refractivity contribution in [1.29, 1.82) is 0 Å². The smallest absolute Gasteiger partial charge is 0.327 e. The highest BCUT2D eigenvalue weighted by molar-refractivity contribution is 6.10. The van der Waals surface area contributed by atoms with E-state index in [2.05, 4.69) is 5.32 Å². The second kappa shape index (κ2) is 6.75. The molecule has 2 fully saturated rings. The summed E-state index contributed by atoms with van der Waals surface area (Å²) in [6.07, 6.45) is 4.23. The predicted octanol–water partition coefficient (Wildman–Crippen LogP) is 1.99. The van der Waals surface area contributed by atoms with Crippen LogP contribution in [0.3, 0.4) is 0 Å². The number of amides is 4. The van der Waals surface area contributed by atoms with Crippen molar-refractivity contribution in [3.8, 4) is 11.5 Å². The number of benzene rings is 1. The number of carbonyl (C=O) groups excluding carboxylic acids is 3. The normalized spacial score (nSPS) is 20.9. The molecule has 1 spiro atoms. The molecule has 0 aromatic heterocycles. The van der Waals surface area contributed by atoms with E-state index in [-0.39, 0.29) is 12.5 Å². The van der Waals surface area contributed by atoms with Gasteiger partial charge in [0.05, 0.1) is 0 Å². The summed E-state index contributed by atoms with van der Waals surface area (Å²) in [4.78, 5) is 40.6. The van der Waals surface area contributed by atoms with E-state index >= 15 is 0 Å². The van der Waals surface area contributed by atoms with Gasteiger partial charge < -0.3 is 19.7 Å². The zero-order valence-corrected chi connectivity index (χ0v) is 15.3. The highest BCUT2D eigenvalue weighted by Crippen LogP contribution is 2.39. The maximum Gasteiger partial charge on any atom is 0.327 e. The maximum atomic E-state index is 12.9. The van der Waals surface area contributed by atoms with E-state index in [1.165, 1.54) is 4.90 Å². The molecule has 8 nitrogen and oxygen atoms in total. The average molecular weight is 373 g/mol. The number of ether oxygens (including phenoxy) is 2. The molecule has 2 heterocycles. The summed E-state index contributed by atoms with van der Waals surface area (Å²) in [6.45, 7) is 0.654. The van der Waals surface area contributed by atoms with Gasteiger partial charge >= 0.3 is 6.03 Å². The number of urea groups is 1. The standard InChI is InChI=1S/C19H23N3O5/c1-21-18(25)22(17(24)19(21)7-3-2-4-8-19)12-16(23)20-13-5-6-14-15(11-13)27-10-9-26-14/h5-6,11H,2-4,7-10,12H2,1H3,(H,20,23). The van der Waals surface area contributed by atoms with Crippen molar-refractivity contribution >= 4 is 23.5 Å². The predicted molar refractivity (Wildman–Crippen MR) is 96.7 cm³/mol. The third-order valence-corrected chi connectivity index (χ3v) is 5.61. The zero-order valence-electron chi connectivity index (χ0n) is 15.3. The summed E-state index contributed by atoms with van der Waals surface area (Å²) in [5.41, 5.74) is -0.240. The molecule has 4 amide bonds. The van der Waals surface area contributed by atoms with Crippen LogP contribution in [0.2, 0.25) is 0 Å². The Morgan fingerprint density at radius 1 is 1.11 bits per heavy atom. The molecule has 27 heavy (non-hydrogen) atoms. The van der Waals surface area contributed by atoms with Crippen molar-refractivity contribution in [2.45, 2.75) is 37.6 Å². The van der Waals surface area contributed by atoms with Crippen LogP contribution in [0, 0.1) is 0 Å². The lowest BCUT2D eigenvalue weighted by Gasteiger charge is -2.35. The largest absolute Gasteiger partial charge is 0.486 e. The molecule has 1 aliphatic carbocycles. The summed E-state index contributed by atoms with van der Waals surface area (Å²) in [7, 11) is 1.66. The minimum Gasteiger partial charge on any atom is -0.486 e.